The number of aliphatic carboxylic acids is 1. The van der Waals surface area contributed by atoms with Gasteiger partial charge in [-0.2, -0.15) is 0 Å². The molecule has 0 bridgehead atoms. The molecule has 0 aromatic heterocycles. The molecule has 1 atom stereocenters. The van der Waals surface area contributed by atoms with E-state index in [9.17, 15) is 9.90 Å². The first-order valence-corrected chi connectivity index (χ1v) is 7.27. The van der Waals surface area contributed by atoms with Gasteiger partial charge in [0.25, 0.3) is 0 Å². The number of rotatable bonds is 5. The van der Waals surface area contributed by atoms with Crippen molar-refractivity contribution >= 4 is 5.97 Å². The SMILES string of the molecule is CC(C)CC(NC1CCC2(CC1)OCCO2)C(=O)O. The Labute approximate surface area is 114 Å². The Hall–Kier alpha value is -0.650. The van der Waals surface area contributed by atoms with Crippen molar-refractivity contribution in [1.29, 1.82) is 0 Å². The van der Waals surface area contributed by atoms with Gasteiger partial charge >= 0.3 is 5.97 Å². The number of hydrogen-bond acceptors (Lipinski definition) is 4. The Balaban J connectivity index is 1.81. The molecule has 2 aliphatic rings. The van der Waals surface area contributed by atoms with E-state index in [0.29, 0.717) is 25.6 Å². The van der Waals surface area contributed by atoms with Crippen molar-refractivity contribution in [1.82, 2.24) is 5.32 Å². The maximum Gasteiger partial charge on any atom is 0.320 e. The first-order chi connectivity index (χ1) is 9.01. The highest BCUT2D eigenvalue weighted by atomic mass is 16.7. The van der Waals surface area contributed by atoms with Gasteiger partial charge in [-0.05, 0) is 25.2 Å². The molecule has 1 spiro atoms. The lowest BCUT2D eigenvalue weighted by Crippen LogP contribution is -2.48. The molecule has 2 N–H and O–H groups in total. The van der Waals surface area contributed by atoms with Crippen LogP contribution in [0.3, 0.4) is 0 Å². The van der Waals surface area contributed by atoms with Crippen LogP contribution >= 0.6 is 0 Å². The molecule has 0 aromatic carbocycles. The third kappa shape index (κ3) is 3.91. The van der Waals surface area contributed by atoms with Crippen LogP contribution < -0.4 is 5.32 Å². The number of carboxylic acids is 1. The number of ether oxygens (including phenoxy) is 2. The molecule has 19 heavy (non-hydrogen) atoms. The van der Waals surface area contributed by atoms with Crippen molar-refractivity contribution in [2.75, 3.05) is 13.2 Å². The molecule has 1 saturated carbocycles. The van der Waals surface area contributed by atoms with Gasteiger partial charge in [-0.3, -0.25) is 4.79 Å². The van der Waals surface area contributed by atoms with Gasteiger partial charge in [-0.15, -0.1) is 0 Å². The molecular weight excluding hydrogens is 246 g/mol. The third-order valence-electron chi connectivity index (χ3n) is 4.00. The van der Waals surface area contributed by atoms with Crippen LogP contribution in [0.5, 0.6) is 0 Å². The molecule has 110 valence electrons. The Morgan fingerprint density at radius 2 is 1.89 bits per heavy atom. The summed E-state index contributed by atoms with van der Waals surface area (Å²) in [5, 5.41) is 12.5. The van der Waals surface area contributed by atoms with E-state index < -0.39 is 12.0 Å². The van der Waals surface area contributed by atoms with Crippen LogP contribution in [0.1, 0.15) is 46.0 Å². The highest BCUT2D eigenvalue weighted by molar-refractivity contribution is 5.73. The van der Waals surface area contributed by atoms with Gasteiger partial charge in [0, 0.05) is 18.9 Å². The van der Waals surface area contributed by atoms with Crippen molar-refractivity contribution in [3.05, 3.63) is 0 Å². The lowest BCUT2D eigenvalue weighted by molar-refractivity contribution is -0.180. The second kappa shape index (κ2) is 6.20. The van der Waals surface area contributed by atoms with Crippen LogP contribution in [0.25, 0.3) is 0 Å². The van der Waals surface area contributed by atoms with Crippen molar-refractivity contribution in [3.8, 4) is 0 Å². The van der Waals surface area contributed by atoms with Crippen molar-refractivity contribution in [2.24, 2.45) is 5.92 Å². The Morgan fingerprint density at radius 1 is 1.32 bits per heavy atom. The second-order valence-electron chi connectivity index (χ2n) is 6.07. The molecule has 5 heteroatoms. The van der Waals surface area contributed by atoms with Crippen LogP contribution in [0.4, 0.5) is 0 Å². The van der Waals surface area contributed by atoms with Crippen LogP contribution in [0.2, 0.25) is 0 Å². The second-order valence-corrected chi connectivity index (χ2v) is 6.07. The average Bonchev–Trinajstić information content (AvgIpc) is 2.79. The zero-order valence-corrected chi connectivity index (χ0v) is 11.9. The maximum atomic E-state index is 11.2. The molecule has 1 unspecified atom stereocenters. The summed E-state index contributed by atoms with van der Waals surface area (Å²) in [4.78, 5) is 11.2. The largest absolute Gasteiger partial charge is 0.480 e. The van der Waals surface area contributed by atoms with Crippen molar-refractivity contribution < 1.29 is 19.4 Å². The van der Waals surface area contributed by atoms with Crippen molar-refractivity contribution in [3.63, 3.8) is 0 Å². The first kappa shape index (κ1) is 14.8. The lowest BCUT2D eigenvalue weighted by Gasteiger charge is -2.36. The Kier molecular flexibility index (Phi) is 4.81. The number of carbonyl (C=O) groups is 1. The normalized spacial score (nSPS) is 25.0. The number of nitrogens with one attached hydrogen (secondary N) is 1. The molecule has 2 fully saturated rings. The molecule has 0 radical (unpaired) electrons. The van der Waals surface area contributed by atoms with Gasteiger partial charge in [-0.1, -0.05) is 13.8 Å². The van der Waals surface area contributed by atoms with E-state index in [1.54, 1.807) is 0 Å². The summed E-state index contributed by atoms with van der Waals surface area (Å²) in [7, 11) is 0. The minimum atomic E-state index is -0.748. The van der Waals surface area contributed by atoms with Gasteiger partial charge in [0.2, 0.25) is 0 Å². The van der Waals surface area contributed by atoms with Gasteiger partial charge in [0.05, 0.1) is 13.2 Å². The molecule has 1 heterocycles. The van der Waals surface area contributed by atoms with Gasteiger partial charge in [-0.25, -0.2) is 0 Å². The Morgan fingerprint density at radius 3 is 2.37 bits per heavy atom. The van der Waals surface area contributed by atoms with E-state index in [4.69, 9.17) is 9.47 Å². The predicted molar refractivity (Wildman–Crippen MR) is 70.9 cm³/mol. The van der Waals surface area contributed by atoms with Crippen LogP contribution in [0, 0.1) is 5.92 Å². The van der Waals surface area contributed by atoms with E-state index in [0.717, 1.165) is 25.7 Å². The summed E-state index contributed by atoms with van der Waals surface area (Å²) in [5.41, 5.74) is 0. The summed E-state index contributed by atoms with van der Waals surface area (Å²) in [5.74, 6) is -0.734. The molecule has 1 aliphatic carbocycles. The molecule has 1 saturated heterocycles. The summed E-state index contributed by atoms with van der Waals surface area (Å²) < 4.78 is 11.4. The summed E-state index contributed by atoms with van der Waals surface area (Å²) in [6, 6.07) is -0.178. The van der Waals surface area contributed by atoms with Crippen LogP contribution in [-0.2, 0) is 14.3 Å². The van der Waals surface area contributed by atoms with Gasteiger partial charge in [0.15, 0.2) is 5.79 Å². The molecular formula is C14H25NO4. The fourth-order valence-electron chi connectivity index (χ4n) is 3.01. The van der Waals surface area contributed by atoms with Crippen LogP contribution in [-0.4, -0.2) is 42.2 Å². The third-order valence-corrected chi connectivity index (χ3v) is 4.00. The molecule has 2 rings (SSSR count). The molecule has 5 nitrogen and oxygen atoms in total. The molecule has 0 aromatic rings. The zero-order chi connectivity index (χ0) is 13.9. The highest BCUT2D eigenvalue weighted by Crippen LogP contribution is 2.35. The minimum Gasteiger partial charge on any atom is -0.480 e. The lowest BCUT2D eigenvalue weighted by atomic mass is 9.89. The van der Waals surface area contributed by atoms with Gasteiger partial charge in [0.1, 0.15) is 6.04 Å². The molecule has 0 amide bonds. The number of hydrogen-bond donors (Lipinski definition) is 2. The minimum absolute atomic E-state index is 0.262. The first-order valence-electron chi connectivity index (χ1n) is 7.27. The van der Waals surface area contributed by atoms with E-state index in [-0.39, 0.29) is 11.8 Å². The van der Waals surface area contributed by atoms with E-state index >= 15 is 0 Å². The quantitative estimate of drug-likeness (QED) is 0.797. The zero-order valence-electron chi connectivity index (χ0n) is 11.9. The monoisotopic (exact) mass is 271 g/mol. The summed E-state index contributed by atoms with van der Waals surface area (Å²) >= 11 is 0. The highest BCUT2D eigenvalue weighted by Gasteiger charge is 2.40. The molecule has 1 aliphatic heterocycles. The topological polar surface area (TPSA) is 67.8 Å². The van der Waals surface area contributed by atoms with Gasteiger partial charge < -0.3 is 19.9 Å². The van der Waals surface area contributed by atoms with Crippen LogP contribution in [0.15, 0.2) is 0 Å². The standard InChI is InChI=1S/C14H25NO4/c1-10(2)9-12(13(16)17)15-11-3-5-14(6-4-11)18-7-8-19-14/h10-12,15H,3-9H2,1-2H3,(H,16,17). The average molecular weight is 271 g/mol. The fraction of sp³-hybridized carbons (Fsp3) is 0.929. The number of carboxylic acid groups (broad SMARTS) is 1. The van der Waals surface area contributed by atoms with Crippen molar-refractivity contribution in [2.45, 2.75) is 63.8 Å². The summed E-state index contributed by atoms with van der Waals surface area (Å²) in [6.07, 6.45) is 4.23. The Bertz CT molecular complexity index is 303. The maximum absolute atomic E-state index is 11.2. The fourth-order valence-corrected chi connectivity index (χ4v) is 3.01. The predicted octanol–water partition coefficient (Wildman–Crippen LogP) is 1.76. The van der Waals surface area contributed by atoms with E-state index in [1.165, 1.54) is 0 Å². The summed E-state index contributed by atoms with van der Waals surface area (Å²) in [6.45, 7) is 5.47. The van der Waals surface area contributed by atoms with E-state index in [2.05, 4.69) is 5.32 Å². The smallest absolute Gasteiger partial charge is 0.320 e. The van der Waals surface area contributed by atoms with E-state index in [1.807, 2.05) is 13.8 Å².